The van der Waals surface area contributed by atoms with Crippen molar-refractivity contribution in [2.45, 2.75) is 6.10 Å². The van der Waals surface area contributed by atoms with Crippen LogP contribution in [-0.2, 0) is 0 Å². The van der Waals surface area contributed by atoms with Crippen LogP contribution in [0.15, 0.2) is 48.1 Å². The van der Waals surface area contributed by atoms with E-state index in [1.165, 1.54) is 11.3 Å². The lowest BCUT2D eigenvalue weighted by molar-refractivity contribution is 0.220. The SMILES string of the molecule is COc1ccsc1C(O)c1cccc2cnccc12. The summed E-state index contributed by atoms with van der Waals surface area (Å²) in [6, 6.07) is 9.66. The van der Waals surface area contributed by atoms with Crippen LogP contribution in [0.2, 0.25) is 0 Å². The molecule has 0 radical (unpaired) electrons. The van der Waals surface area contributed by atoms with E-state index in [2.05, 4.69) is 4.98 Å². The molecule has 0 bridgehead atoms. The van der Waals surface area contributed by atoms with Gasteiger partial charge in [-0.15, -0.1) is 11.3 Å². The molecule has 0 saturated heterocycles. The molecule has 1 atom stereocenters. The van der Waals surface area contributed by atoms with Gasteiger partial charge in [0.15, 0.2) is 0 Å². The van der Waals surface area contributed by atoms with Gasteiger partial charge in [0.25, 0.3) is 0 Å². The van der Waals surface area contributed by atoms with Gasteiger partial charge in [-0.05, 0) is 28.5 Å². The number of pyridine rings is 1. The largest absolute Gasteiger partial charge is 0.495 e. The first-order valence-electron chi connectivity index (χ1n) is 5.93. The van der Waals surface area contributed by atoms with Crippen LogP contribution in [0.3, 0.4) is 0 Å². The maximum absolute atomic E-state index is 10.6. The molecule has 2 aromatic heterocycles. The number of benzene rings is 1. The lowest BCUT2D eigenvalue weighted by Gasteiger charge is -2.13. The van der Waals surface area contributed by atoms with E-state index in [-0.39, 0.29) is 0 Å². The molecule has 3 nitrogen and oxygen atoms in total. The molecule has 1 N–H and O–H groups in total. The first-order valence-corrected chi connectivity index (χ1v) is 6.81. The molecule has 0 fully saturated rings. The van der Waals surface area contributed by atoms with Crippen LogP contribution in [0.4, 0.5) is 0 Å². The molecule has 0 aliphatic heterocycles. The lowest BCUT2D eigenvalue weighted by atomic mass is 10.0. The number of methoxy groups -OCH3 is 1. The zero-order chi connectivity index (χ0) is 13.2. The summed E-state index contributed by atoms with van der Waals surface area (Å²) >= 11 is 1.49. The Kier molecular flexibility index (Phi) is 3.19. The first-order chi connectivity index (χ1) is 9.31. The van der Waals surface area contributed by atoms with Crippen molar-refractivity contribution in [2.24, 2.45) is 0 Å². The van der Waals surface area contributed by atoms with Crippen LogP contribution in [0.5, 0.6) is 5.75 Å². The van der Waals surface area contributed by atoms with Crippen LogP contribution in [0.1, 0.15) is 16.5 Å². The molecule has 3 rings (SSSR count). The second kappa shape index (κ2) is 4.99. The Hall–Kier alpha value is -1.91. The van der Waals surface area contributed by atoms with Gasteiger partial charge in [0, 0.05) is 17.8 Å². The minimum Gasteiger partial charge on any atom is -0.495 e. The molecule has 19 heavy (non-hydrogen) atoms. The Morgan fingerprint density at radius 2 is 2.16 bits per heavy atom. The van der Waals surface area contributed by atoms with Crippen molar-refractivity contribution in [3.8, 4) is 5.75 Å². The highest BCUT2D eigenvalue weighted by Gasteiger charge is 2.18. The summed E-state index contributed by atoms with van der Waals surface area (Å²) in [6.45, 7) is 0. The van der Waals surface area contributed by atoms with Crippen LogP contribution in [0.25, 0.3) is 10.8 Å². The van der Waals surface area contributed by atoms with E-state index < -0.39 is 6.10 Å². The third-order valence-corrected chi connectivity index (χ3v) is 4.09. The summed E-state index contributed by atoms with van der Waals surface area (Å²) in [5.41, 5.74) is 0.876. The summed E-state index contributed by atoms with van der Waals surface area (Å²) < 4.78 is 5.28. The minimum atomic E-state index is -0.680. The van der Waals surface area contributed by atoms with Gasteiger partial charge in [-0.2, -0.15) is 0 Å². The molecule has 3 aromatic rings. The van der Waals surface area contributed by atoms with E-state index >= 15 is 0 Å². The first kappa shape index (κ1) is 12.1. The van der Waals surface area contributed by atoms with Gasteiger partial charge < -0.3 is 9.84 Å². The van der Waals surface area contributed by atoms with Gasteiger partial charge in [0.2, 0.25) is 0 Å². The van der Waals surface area contributed by atoms with E-state index in [1.807, 2.05) is 35.7 Å². The number of aromatic nitrogens is 1. The number of fused-ring (bicyclic) bond motifs is 1. The third-order valence-electron chi connectivity index (χ3n) is 3.13. The molecule has 0 spiro atoms. The summed E-state index contributed by atoms with van der Waals surface area (Å²) in [5, 5.41) is 14.6. The molecule has 0 amide bonds. The van der Waals surface area contributed by atoms with Crippen molar-refractivity contribution >= 4 is 22.1 Å². The fourth-order valence-electron chi connectivity index (χ4n) is 2.20. The van der Waals surface area contributed by atoms with Gasteiger partial charge in [-0.25, -0.2) is 0 Å². The number of ether oxygens (including phenoxy) is 1. The zero-order valence-electron chi connectivity index (χ0n) is 10.4. The topological polar surface area (TPSA) is 42.4 Å². The van der Waals surface area contributed by atoms with Gasteiger partial charge in [0.05, 0.1) is 12.0 Å². The van der Waals surface area contributed by atoms with Crippen molar-refractivity contribution in [1.29, 1.82) is 0 Å². The molecule has 96 valence electrons. The Morgan fingerprint density at radius 3 is 3.00 bits per heavy atom. The number of hydrogen-bond acceptors (Lipinski definition) is 4. The maximum Gasteiger partial charge on any atom is 0.135 e. The van der Waals surface area contributed by atoms with Crippen LogP contribution >= 0.6 is 11.3 Å². The second-order valence-corrected chi connectivity index (χ2v) is 5.15. The maximum atomic E-state index is 10.6. The summed E-state index contributed by atoms with van der Waals surface area (Å²) in [7, 11) is 1.62. The third kappa shape index (κ3) is 2.09. The Labute approximate surface area is 115 Å². The second-order valence-electron chi connectivity index (χ2n) is 4.20. The van der Waals surface area contributed by atoms with Crippen LogP contribution in [-0.4, -0.2) is 17.2 Å². The van der Waals surface area contributed by atoms with Crippen LogP contribution in [0, 0.1) is 0 Å². The number of aliphatic hydroxyl groups is 1. The lowest BCUT2D eigenvalue weighted by Crippen LogP contribution is -2.00. The fourth-order valence-corrected chi connectivity index (χ4v) is 3.07. The zero-order valence-corrected chi connectivity index (χ0v) is 11.2. The van der Waals surface area contributed by atoms with E-state index in [0.29, 0.717) is 0 Å². The van der Waals surface area contributed by atoms with Crippen molar-refractivity contribution in [3.63, 3.8) is 0 Å². The van der Waals surface area contributed by atoms with Gasteiger partial charge in [-0.1, -0.05) is 18.2 Å². The summed E-state index contributed by atoms with van der Waals surface area (Å²) in [6.07, 6.45) is 2.86. The standard InChI is InChI=1S/C15H13NO2S/c1-18-13-6-8-19-15(13)14(17)12-4-2-3-10-9-16-7-5-11(10)12/h2-9,14,17H,1H3. The highest BCUT2D eigenvalue weighted by atomic mass is 32.1. The highest BCUT2D eigenvalue weighted by Crippen LogP contribution is 2.36. The van der Waals surface area contributed by atoms with Gasteiger partial charge in [-0.3, -0.25) is 4.98 Å². The summed E-state index contributed by atoms with van der Waals surface area (Å²) in [4.78, 5) is 4.93. The predicted molar refractivity (Wildman–Crippen MR) is 76.7 cm³/mol. The number of nitrogens with zero attached hydrogens (tertiary/aromatic N) is 1. The molecule has 1 aromatic carbocycles. The van der Waals surface area contributed by atoms with Crippen molar-refractivity contribution in [1.82, 2.24) is 4.98 Å². The number of hydrogen-bond donors (Lipinski definition) is 1. The molecular formula is C15H13NO2S. The number of aliphatic hydroxyl groups excluding tert-OH is 1. The Balaban J connectivity index is 2.14. The smallest absolute Gasteiger partial charge is 0.135 e. The van der Waals surface area contributed by atoms with Crippen molar-refractivity contribution in [3.05, 3.63) is 58.5 Å². The van der Waals surface area contributed by atoms with E-state index in [1.54, 1.807) is 19.5 Å². The van der Waals surface area contributed by atoms with E-state index in [0.717, 1.165) is 27.0 Å². The Morgan fingerprint density at radius 1 is 1.26 bits per heavy atom. The molecule has 0 aliphatic carbocycles. The number of thiophene rings is 1. The van der Waals surface area contributed by atoms with E-state index in [9.17, 15) is 5.11 Å². The quantitative estimate of drug-likeness (QED) is 0.794. The molecule has 0 aliphatic rings. The van der Waals surface area contributed by atoms with Crippen molar-refractivity contribution in [2.75, 3.05) is 7.11 Å². The molecule has 1 unspecified atom stereocenters. The molecule has 0 saturated carbocycles. The molecule has 2 heterocycles. The average Bonchev–Trinajstić information content (AvgIpc) is 2.94. The molecular weight excluding hydrogens is 258 g/mol. The predicted octanol–water partition coefficient (Wildman–Crippen LogP) is 3.39. The monoisotopic (exact) mass is 271 g/mol. The normalized spacial score (nSPS) is 12.5. The van der Waals surface area contributed by atoms with Gasteiger partial charge >= 0.3 is 0 Å². The highest BCUT2D eigenvalue weighted by molar-refractivity contribution is 7.10. The van der Waals surface area contributed by atoms with Crippen molar-refractivity contribution < 1.29 is 9.84 Å². The van der Waals surface area contributed by atoms with E-state index in [4.69, 9.17) is 4.74 Å². The molecule has 4 heteroatoms. The van der Waals surface area contributed by atoms with Gasteiger partial charge in [0.1, 0.15) is 11.9 Å². The summed E-state index contributed by atoms with van der Waals surface area (Å²) in [5.74, 6) is 0.726. The minimum absolute atomic E-state index is 0.680. The average molecular weight is 271 g/mol. The fraction of sp³-hybridized carbons (Fsp3) is 0.133. The Bertz CT molecular complexity index is 703. The number of rotatable bonds is 3. The van der Waals surface area contributed by atoms with Crippen LogP contribution < -0.4 is 4.74 Å².